The van der Waals surface area contributed by atoms with E-state index in [2.05, 4.69) is 48.7 Å². The molecule has 136 valence electrons. The van der Waals surface area contributed by atoms with Crippen LogP contribution in [-0.2, 0) is 13.6 Å². The summed E-state index contributed by atoms with van der Waals surface area (Å²) in [6.07, 6.45) is 4.05. The van der Waals surface area contributed by atoms with Crippen molar-refractivity contribution in [1.29, 1.82) is 0 Å². The minimum atomic E-state index is 0.161. The van der Waals surface area contributed by atoms with Gasteiger partial charge in [-0.15, -0.1) is 10.2 Å². The Labute approximate surface area is 149 Å². The summed E-state index contributed by atoms with van der Waals surface area (Å²) in [6.45, 7) is 5.60. The first kappa shape index (κ1) is 17.8. The number of aromatic nitrogens is 4. The summed E-state index contributed by atoms with van der Waals surface area (Å²) in [4.78, 5) is 8.77. The van der Waals surface area contributed by atoms with Gasteiger partial charge >= 0.3 is 0 Å². The maximum absolute atomic E-state index is 9.04. The number of aryl methyl sites for hydroxylation is 1. The number of aliphatic hydroxyl groups excluding tert-OH is 1. The van der Waals surface area contributed by atoms with E-state index >= 15 is 0 Å². The van der Waals surface area contributed by atoms with Gasteiger partial charge in [-0.1, -0.05) is 0 Å². The Kier molecular flexibility index (Phi) is 5.65. The second kappa shape index (κ2) is 7.93. The first-order chi connectivity index (χ1) is 12.1. The molecule has 25 heavy (non-hydrogen) atoms. The van der Waals surface area contributed by atoms with Crippen LogP contribution in [0.15, 0.2) is 18.3 Å². The number of anilines is 1. The van der Waals surface area contributed by atoms with Gasteiger partial charge in [0.05, 0.1) is 13.2 Å². The lowest BCUT2D eigenvalue weighted by atomic mass is 9.95. The van der Waals surface area contributed by atoms with Gasteiger partial charge < -0.3 is 14.6 Å². The molecule has 0 spiro atoms. The molecule has 1 aliphatic rings. The van der Waals surface area contributed by atoms with Crippen molar-refractivity contribution in [3.8, 4) is 0 Å². The third-order valence-corrected chi connectivity index (χ3v) is 5.00. The Hall–Kier alpha value is -1.99. The smallest absolute Gasteiger partial charge is 0.146 e. The van der Waals surface area contributed by atoms with Crippen LogP contribution < -0.4 is 4.90 Å². The van der Waals surface area contributed by atoms with Crippen molar-refractivity contribution in [3.63, 3.8) is 0 Å². The van der Waals surface area contributed by atoms with Gasteiger partial charge in [-0.25, -0.2) is 0 Å². The SMILES string of the molecule is Cc1cc(N2CCC(c3nnc(CN(C)CCO)n3C)CC2)ccn1. The second-order valence-electron chi connectivity index (χ2n) is 6.91. The van der Waals surface area contributed by atoms with Crippen molar-refractivity contribution in [2.45, 2.75) is 32.2 Å². The normalized spacial score (nSPS) is 16.0. The van der Waals surface area contributed by atoms with Crippen LogP contribution in [0.4, 0.5) is 5.69 Å². The largest absolute Gasteiger partial charge is 0.395 e. The number of aliphatic hydroxyl groups is 1. The van der Waals surface area contributed by atoms with Crippen molar-refractivity contribution in [2.75, 3.05) is 38.2 Å². The molecule has 0 saturated carbocycles. The summed E-state index contributed by atoms with van der Waals surface area (Å²) < 4.78 is 2.13. The van der Waals surface area contributed by atoms with Crippen molar-refractivity contribution in [3.05, 3.63) is 35.7 Å². The van der Waals surface area contributed by atoms with E-state index in [4.69, 9.17) is 5.11 Å². The Balaban J connectivity index is 1.62. The van der Waals surface area contributed by atoms with Gasteiger partial charge in [0, 0.05) is 50.2 Å². The molecule has 0 unspecified atom stereocenters. The summed E-state index contributed by atoms with van der Waals surface area (Å²) in [5, 5.41) is 17.9. The Morgan fingerprint density at radius 2 is 2.04 bits per heavy atom. The molecule has 0 bridgehead atoms. The van der Waals surface area contributed by atoms with Gasteiger partial charge in [0.2, 0.25) is 0 Å². The lowest BCUT2D eigenvalue weighted by Gasteiger charge is -2.33. The number of nitrogens with zero attached hydrogens (tertiary/aromatic N) is 6. The van der Waals surface area contributed by atoms with E-state index in [-0.39, 0.29) is 6.61 Å². The van der Waals surface area contributed by atoms with E-state index in [9.17, 15) is 0 Å². The molecule has 3 heterocycles. The maximum Gasteiger partial charge on any atom is 0.146 e. The van der Waals surface area contributed by atoms with Crippen LogP contribution >= 0.6 is 0 Å². The van der Waals surface area contributed by atoms with E-state index < -0.39 is 0 Å². The van der Waals surface area contributed by atoms with Crippen LogP contribution in [0, 0.1) is 6.92 Å². The number of likely N-dealkylation sites (N-methyl/N-ethyl adjacent to an activating group) is 1. The highest BCUT2D eigenvalue weighted by Crippen LogP contribution is 2.29. The summed E-state index contributed by atoms with van der Waals surface area (Å²) in [5.41, 5.74) is 2.32. The molecule has 0 radical (unpaired) electrons. The molecule has 2 aromatic heterocycles. The van der Waals surface area contributed by atoms with Crippen molar-refractivity contribution < 1.29 is 5.11 Å². The summed E-state index contributed by atoms with van der Waals surface area (Å²) in [6, 6.07) is 4.24. The number of piperidine rings is 1. The molecule has 0 amide bonds. The first-order valence-electron chi connectivity index (χ1n) is 8.93. The first-order valence-corrected chi connectivity index (χ1v) is 8.93. The summed E-state index contributed by atoms with van der Waals surface area (Å²) in [7, 11) is 4.04. The predicted molar refractivity (Wildman–Crippen MR) is 97.6 cm³/mol. The maximum atomic E-state index is 9.04. The number of pyridine rings is 1. The highest BCUT2D eigenvalue weighted by Gasteiger charge is 2.25. The van der Waals surface area contributed by atoms with Gasteiger partial charge in [-0.2, -0.15) is 0 Å². The van der Waals surface area contributed by atoms with E-state index in [0.29, 0.717) is 19.0 Å². The fraction of sp³-hybridized carbons (Fsp3) is 0.611. The third kappa shape index (κ3) is 4.16. The molecule has 1 saturated heterocycles. The molecule has 0 atom stereocenters. The molecule has 1 fully saturated rings. The Morgan fingerprint density at radius 3 is 2.72 bits per heavy atom. The fourth-order valence-corrected chi connectivity index (χ4v) is 3.48. The molecule has 0 aromatic carbocycles. The fourth-order valence-electron chi connectivity index (χ4n) is 3.48. The molecule has 0 aliphatic carbocycles. The molecule has 3 rings (SSSR count). The van der Waals surface area contributed by atoms with Crippen LogP contribution in [0.1, 0.15) is 36.1 Å². The van der Waals surface area contributed by atoms with E-state index in [1.165, 1.54) is 5.69 Å². The van der Waals surface area contributed by atoms with E-state index in [1.807, 2.05) is 20.2 Å². The minimum absolute atomic E-state index is 0.161. The Morgan fingerprint density at radius 1 is 1.28 bits per heavy atom. The van der Waals surface area contributed by atoms with Gasteiger partial charge in [0.15, 0.2) is 0 Å². The van der Waals surface area contributed by atoms with Crippen molar-refractivity contribution in [1.82, 2.24) is 24.6 Å². The van der Waals surface area contributed by atoms with Gasteiger partial charge in [0.1, 0.15) is 11.6 Å². The van der Waals surface area contributed by atoms with Gasteiger partial charge in [0.25, 0.3) is 0 Å². The van der Waals surface area contributed by atoms with Crippen LogP contribution in [0.5, 0.6) is 0 Å². The number of hydrogen-bond acceptors (Lipinski definition) is 6. The summed E-state index contributed by atoms with van der Waals surface area (Å²) >= 11 is 0. The van der Waals surface area contributed by atoms with Crippen LogP contribution in [0.2, 0.25) is 0 Å². The number of rotatable bonds is 6. The van der Waals surface area contributed by atoms with Gasteiger partial charge in [-0.05, 0) is 38.9 Å². The highest BCUT2D eigenvalue weighted by atomic mass is 16.3. The average Bonchev–Trinajstić information content (AvgIpc) is 2.96. The molecule has 7 nitrogen and oxygen atoms in total. The summed E-state index contributed by atoms with van der Waals surface area (Å²) in [5.74, 6) is 2.49. The van der Waals surface area contributed by atoms with Gasteiger partial charge in [-0.3, -0.25) is 9.88 Å². The molecule has 2 aromatic rings. The second-order valence-corrected chi connectivity index (χ2v) is 6.91. The molecular formula is C18H28N6O. The van der Waals surface area contributed by atoms with Crippen molar-refractivity contribution in [2.24, 2.45) is 7.05 Å². The molecule has 1 aliphatic heterocycles. The topological polar surface area (TPSA) is 70.3 Å². The van der Waals surface area contributed by atoms with E-state index in [1.54, 1.807) is 0 Å². The lowest BCUT2D eigenvalue weighted by molar-refractivity contribution is 0.213. The third-order valence-electron chi connectivity index (χ3n) is 5.00. The molecule has 7 heteroatoms. The number of hydrogen-bond donors (Lipinski definition) is 1. The molecule has 1 N–H and O–H groups in total. The quantitative estimate of drug-likeness (QED) is 0.852. The van der Waals surface area contributed by atoms with Crippen molar-refractivity contribution >= 4 is 5.69 Å². The zero-order valence-electron chi connectivity index (χ0n) is 15.4. The van der Waals surface area contributed by atoms with Crippen LogP contribution in [0.3, 0.4) is 0 Å². The predicted octanol–water partition coefficient (Wildman–Crippen LogP) is 1.33. The minimum Gasteiger partial charge on any atom is -0.395 e. The Bertz CT molecular complexity index is 693. The zero-order valence-corrected chi connectivity index (χ0v) is 15.4. The monoisotopic (exact) mass is 344 g/mol. The standard InChI is InChI=1S/C18H28N6O/c1-14-12-16(4-7-19-14)24-8-5-15(6-9-24)18-21-20-17(23(18)3)13-22(2)10-11-25/h4,7,12,15,25H,5-6,8-11,13H2,1-3H3. The van der Waals surface area contributed by atoms with Crippen LogP contribution in [0.25, 0.3) is 0 Å². The highest BCUT2D eigenvalue weighted by molar-refractivity contribution is 5.46. The average molecular weight is 344 g/mol. The zero-order chi connectivity index (χ0) is 17.8. The lowest BCUT2D eigenvalue weighted by Crippen LogP contribution is -2.33. The van der Waals surface area contributed by atoms with Crippen LogP contribution in [-0.4, -0.2) is 63.0 Å². The molecular weight excluding hydrogens is 316 g/mol. The van der Waals surface area contributed by atoms with E-state index in [0.717, 1.165) is 43.3 Å².